The second kappa shape index (κ2) is 7.38. The number of ether oxygens (including phenoxy) is 1. The molecule has 2 aliphatic rings. The summed E-state index contributed by atoms with van der Waals surface area (Å²) in [7, 11) is 1.86. The van der Waals surface area contributed by atoms with E-state index >= 15 is 0 Å². The van der Waals surface area contributed by atoms with Gasteiger partial charge in [-0.2, -0.15) is 0 Å². The van der Waals surface area contributed by atoms with Crippen molar-refractivity contribution in [3.05, 3.63) is 21.3 Å². The standard InChI is InChI=1S/C16H25ClN4OS/c1-16(11-22-12-16)10-19-15(18-2)21-7-5-20(6-8-21)9-13-3-4-14(17)23-13/h3-4H,5-12H2,1-2H3,(H,18,19). The maximum atomic E-state index is 6.01. The maximum Gasteiger partial charge on any atom is 0.193 e. The fourth-order valence-electron chi connectivity index (χ4n) is 2.95. The highest BCUT2D eigenvalue weighted by molar-refractivity contribution is 7.16. The van der Waals surface area contributed by atoms with E-state index in [-0.39, 0.29) is 5.41 Å². The summed E-state index contributed by atoms with van der Waals surface area (Å²) >= 11 is 7.68. The molecule has 0 spiro atoms. The molecule has 3 heterocycles. The van der Waals surface area contributed by atoms with E-state index < -0.39 is 0 Å². The van der Waals surface area contributed by atoms with Gasteiger partial charge in [-0.25, -0.2) is 0 Å². The zero-order chi connectivity index (χ0) is 16.3. The van der Waals surface area contributed by atoms with Gasteiger partial charge in [0.05, 0.1) is 17.6 Å². The Bertz CT molecular complexity index is 550. The molecule has 23 heavy (non-hydrogen) atoms. The van der Waals surface area contributed by atoms with Crippen molar-refractivity contribution in [1.82, 2.24) is 15.1 Å². The number of piperazine rings is 1. The number of hydrogen-bond acceptors (Lipinski definition) is 4. The third-order valence-corrected chi connectivity index (χ3v) is 5.68. The Labute approximate surface area is 147 Å². The van der Waals surface area contributed by atoms with Crippen molar-refractivity contribution in [1.29, 1.82) is 0 Å². The van der Waals surface area contributed by atoms with Crippen LogP contribution in [-0.2, 0) is 11.3 Å². The average Bonchev–Trinajstić information content (AvgIpc) is 2.92. The number of hydrogen-bond donors (Lipinski definition) is 1. The van der Waals surface area contributed by atoms with E-state index in [0.717, 1.165) is 62.8 Å². The van der Waals surface area contributed by atoms with Crippen LogP contribution >= 0.6 is 22.9 Å². The van der Waals surface area contributed by atoms with Crippen molar-refractivity contribution in [2.24, 2.45) is 10.4 Å². The number of nitrogens with zero attached hydrogens (tertiary/aromatic N) is 3. The SMILES string of the molecule is CN=C(NCC1(C)COC1)N1CCN(Cc2ccc(Cl)s2)CC1. The number of aliphatic imine (C=N–C) groups is 1. The van der Waals surface area contributed by atoms with E-state index in [1.807, 2.05) is 13.1 Å². The number of thiophene rings is 1. The lowest BCUT2D eigenvalue weighted by atomic mass is 9.89. The van der Waals surface area contributed by atoms with Crippen molar-refractivity contribution in [2.45, 2.75) is 13.5 Å². The molecule has 5 nitrogen and oxygen atoms in total. The third-order valence-electron chi connectivity index (χ3n) is 4.47. The first-order chi connectivity index (χ1) is 11.1. The molecule has 128 valence electrons. The first kappa shape index (κ1) is 17.0. The fourth-order valence-corrected chi connectivity index (χ4v) is 4.08. The second-order valence-corrected chi connectivity index (χ2v) is 8.47. The number of guanidine groups is 1. The van der Waals surface area contributed by atoms with Crippen LogP contribution in [0.25, 0.3) is 0 Å². The molecule has 7 heteroatoms. The van der Waals surface area contributed by atoms with E-state index in [1.165, 1.54) is 4.88 Å². The van der Waals surface area contributed by atoms with Crippen LogP contribution in [-0.4, -0.2) is 68.7 Å². The summed E-state index contributed by atoms with van der Waals surface area (Å²) in [5.41, 5.74) is 0.260. The topological polar surface area (TPSA) is 40.1 Å². The predicted molar refractivity (Wildman–Crippen MR) is 96.5 cm³/mol. The predicted octanol–water partition coefficient (Wildman–Crippen LogP) is 2.13. The molecule has 0 aromatic carbocycles. The van der Waals surface area contributed by atoms with Gasteiger partial charge in [0.15, 0.2) is 5.96 Å². The van der Waals surface area contributed by atoms with Crippen molar-refractivity contribution in [3.8, 4) is 0 Å². The normalized spacial score (nSPS) is 22.0. The summed E-state index contributed by atoms with van der Waals surface area (Å²) < 4.78 is 6.19. The van der Waals surface area contributed by atoms with Crippen molar-refractivity contribution < 1.29 is 4.74 Å². The highest BCUT2D eigenvalue weighted by atomic mass is 35.5. The monoisotopic (exact) mass is 356 g/mol. The molecule has 0 atom stereocenters. The Kier molecular flexibility index (Phi) is 5.46. The van der Waals surface area contributed by atoms with E-state index in [1.54, 1.807) is 11.3 Å². The number of halogens is 1. The zero-order valence-corrected chi connectivity index (χ0v) is 15.4. The Balaban J connectivity index is 1.45. The van der Waals surface area contributed by atoms with Crippen molar-refractivity contribution in [3.63, 3.8) is 0 Å². The summed E-state index contributed by atoms with van der Waals surface area (Å²) in [5.74, 6) is 1.01. The maximum absolute atomic E-state index is 6.01. The van der Waals surface area contributed by atoms with E-state index in [4.69, 9.17) is 16.3 Å². The van der Waals surface area contributed by atoms with Gasteiger partial charge in [-0.05, 0) is 12.1 Å². The van der Waals surface area contributed by atoms with Crippen LogP contribution in [0.4, 0.5) is 0 Å². The smallest absolute Gasteiger partial charge is 0.193 e. The van der Waals surface area contributed by atoms with Crippen LogP contribution in [0.1, 0.15) is 11.8 Å². The third kappa shape index (κ3) is 4.38. The summed E-state index contributed by atoms with van der Waals surface area (Å²) in [6.07, 6.45) is 0. The molecule has 1 N–H and O–H groups in total. The van der Waals surface area contributed by atoms with Crippen LogP contribution < -0.4 is 5.32 Å². The van der Waals surface area contributed by atoms with Crippen LogP contribution in [0, 0.1) is 5.41 Å². The minimum Gasteiger partial charge on any atom is -0.380 e. The largest absolute Gasteiger partial charge is 0.380 e. The molecular weight excluding hydrogens is 332 g/mol. The average molecular weight is 357 g/mol. The van der Waals surface area contributed by atoms with Crippen LogP contribution in [0.5, 0.6) is 0 Å². The van der Waals surface area contributed by atoms with Gasteiger partial charge >= 0.3 is 0 Å². The van der Waals surface area contributed by atoms with E-state index in [2.05, 4.69) is 33.1 Å². The van der Waals surface area contributed by atoms with Gasteiger partial charge in [0.25, 0.3) is 0 Å². The van der Waals surface area contributed by atoms with E-state index in [0.29, 0.717) is 0 Å². The first-order valence-electron chi connectivity index (χ1n) is 8.08. The van der Waals surface area contributed by atoms with Gasteiger partial charge in [-0.15, -0.1) is 11.3 Å². The summed E-state index contributed by atoms with van der Waals surface area (Å²) in [6.45, 7) is 9.97. The number of nitrogens with one attached hydrogen (secondary N) is 1. The summed E-state index contributed by atoms with van der Waals surface area (Å²) in [6, 6.07) is 4.11. The Morgan fingerprint density at radius 3 is 2.61 bits per heavy atom. The lowest BCUT2D eigenvalue weighted by molar-refractivity contribution is -0.0973. The van der Waals surface area contributed by atoms with Crippen molar-refractivity contribution >= 4 is 28.9 Å². The molecule has 0 aliphatic carbocycles. The highest BCUT2D eigenvalue weighted by Gasteiger charge is 2.33. The van der Waals surface area contributed by atoms with Gasteiger partial charge in [0.1, 0.15) is 0 Å². The zero-order valence-electron chi connectivity index (χ0n) is 13.8. The molecule has 2 aliphatic heterocycles. The lowest BCUT2D eigenvalue weighted by Crippen LogP contribution is -2.55. The van der Waals surface area contributed by atoms with Crippen LogP contribution in [0.3, 0.4) is 0 Å². The molecule has 2 fully saturated rings. The van der Waals surface area contributed by atoms with E-state index in [9.17, 15) is 0 Å². The Hall–Kier alpha value is -0.820. The lowest BCUT2D eigenvalue weighted by Gasteiger charge is -2.40. The second-order valence-electron chi connectivity index (χ2n) is 6.67. The Morgan fingerprint density at radius 2 is 2.09 bits per heavy atom. The van der Waals surface area contributed by atoms with Gasteiger partial charge in [0, 0.05) is 56.6 Å². The van der Waals surface area contributed by atoms with Crippen molar-refractivity contribution in [2.75, 3.05) is 53.0 Å². The molecule has 0 radical (unpaired) electrons. The Morgan fingerprint density at radius 1 is 1.35 bits per heavy atom. The molecule has 1 aromatic heterocycles. The summed E-state index contributed by atoms with van der Waals surface area (Å²) in [4.78, 5) is 10.6. The molecule has 0 saturated carbocycles. The number of rotatable bonds is 4. The molecular formula is C16H25ClN4OS. The molecule has 1 aromatic rings. The summed E-state index contributed by atoms with van der Waals surface area (Å²) in [5, 5.41) is 3.51. The quantitative estimate of drug-likeness (QED) is 0.662. The fraction of sp³-hybridized carbons (Fsp3) is 0.688. The molecule has 0 amide bonds. The van der Waals surface area contributed by atoms with Crippen LogP contribution in [0.2, 0.25) is 4.34 Å². The van der Waals surface area contributed by atoms with Gasteiger partial charge in [0.2, 0.25) is 0 Å². The minimum atomic E-state index is 0.260. The molecule has 3 rings (SSSR count). The minimum absolute atomic E-state index is 0.260. The first-order valence-corrected chi connectivity index (χ1v) is 9.27. The molecule has 2 saturated heterocycles. The van der Waals surface area contributed by atoms with Crippen LogP contribution in [0.15, 0.2) is 17.1 Å². The molecule has 0 unspecified atom stereocenters. The molecule has 0 bridgehead atoms. The van der Waals surface area contributed by atoms with Gasteiger partial charge in [-0.3, -0.25) is 9.89 Å². The van der Waals surface area contributed by atoms with Gasteiger partial charge < -0.3 is 15.0 Å². The van der Waals surface area contributed by atoms with Gasteiger partial charge in [-0.1, -0.05) is 18.5 Å². The highest BCUT2D eigenvalue weighted by Crippen LogP contribution is 2.25.